The number of esters is 1. The molecule has 1 rings (SSSR count). The normalized spacial score (nSPS) is 22.9. The average molecular weight is 269 g/mol. The number of hydrogen-bond acceptors (Lipinski definition) is 3. The first-order valence-corrected chi connectivity index (χ1v) is 7.40. The van der Waals surface area contributed by atoms with Crippen molar-refractivity contribution in [3.05, 3.63) is 0 Å². The second-order valence-corrected chi connectivity index (χ2v) is 5.63. The largest absolute Gasteiger partial charge is 0.468 e. The monoisotopic (exact) mass is 269 g/mol. The van der Waals surface area contributed by atoms with Gasteiger partial charge in [-0.1, -0.05) is 26.2 Å². The van der Waals surface area contributed by atoms with Crippen LogP contribution in [-0.2, 0) is 14.3 Å². The Morgan fingerprint density at radius 2 is 1.84 bits per heavy atom. The molecule has 1 aliphatic carbocycles. The number of rotatable bonds is 6. The van der Waals surface area contributed by atoms with Gasteiger partial charge in [0.1, 0.15) is 6.54 Å². The highest BCUT2D eigenvalue weighted by atomic mass is 16.5. The van der Waals surface area contributed by atoms with Gasteiger partial charge in [-0.05, 0) is 31.6 Å². The van der Waals surface area contributed by atoms with Gasteiger partial charge in [0.25, 0.3) is 0 Å². The number of likely N-dealkylation sites (N-methyl/N-ethyl adjacent to an activating group) is 1. The molecule has 0 atom stereocenters. The Morgan fingerprint density at radius 3 is 2.37 bits per heavy atom. The van der Waals surface area contributed by atoms with Crippen LogP contribution in [0.15, 0.2) is 0 Å². The highest BCUT2D eigenvalue weighted by Crippen LogP contribution is 2.32. The molecule has 4 heteroatoms. The first-order chi connectivity index (χ1) is 9.08. The fourth-order valence-corrected chi connectivity index (χ4v) is 2.84. The molecule has 1 amide bonds. The van der Waals surface area contributed by atoms with Crippen LogP contribution in [0.5, 0.6) is 0 Å². The number of methoxy groups -OCH3 is 1. The minimum Gasteiger partial charge on any atom is -0.468 e. The molecule has 1 aliphatic rings. The van der Waals surface area contributed by atoms with Gasteiger partial charge in [-0.2, -0.15) is 0 Å². The predicted molar refractivity (Wildman–Crippen MR) is 74.6 cm³/mol. The van der Waals surface area contributed by atoms with Gasteiger partial charge in [0.05, 0.1) is 7.11 Å². The van der Waals surface area contributed by atoms with Crippen molar-refractivity contribution < 1.29 is 14.3 Å². The van der Waals surface area contributed by atoms with E-state index in [1.165, 1.54) is 31.3 Å². The molecule has 0 unspecified atom stereocenters. The van der Waals surface area contributed by atoms with E-state index in [-0.39, 0.29) is 24.3 Å². The maximum atomic E-state index is 12.2. The molecule has 0 spiro atoms. The van der Waals surface area contributed by atoms with Gasteiger partial charge in [-0.15, -0.1) is 0 Å². The lowest BCUT2D eigenvalue weighted by atomic mass is 9.79. The maximum absolute atomic E-state index is 12.2. The molecule has 1 saturated carbocycles. The van der Waals surface area contributed by atoms with Gasteiger partial charge in [0.15, 0.2) is 0 Å². The zero-order valence-corrected chi connectivity index (χ0v) is 12.5. The molecule has 0 radical (unpaired) electrons. The summed E-state index contributed by atoms with van der Waals surface area (Å²) >= 11 is 0. The summed E-state index contributed by atoms with van der Waals surface area (Å²) in [5.74, 6) is 0.647. The molecule has 0 aromatic rings. The summed E-state index contributed by atoms with van der Waals surface area (Å²) < 4.78 is 4.59. The standard InChI is InChI=1S/C15H27NO3/c1-4-5-6-12-7-9-13(10-8-12)15(18)16(2)11-14(17)19-3/h12-13H,4-11H2,1-3H3. The van der Waals surface area contributed by atoms with Gasteiger partial charge >= 0.3 is 5.97 Å². The molecule has 19 heavy (non-hydrogen) atoms. The summed E-state index contributed by atoms with van der Waals surface area (Å²) in [7, 11) is 3.03. The molecule has 0 aromatic heterocycles. The molecular weight excluding hydrogens is 242 g/mol. The molecule has 0 N–H and O–H groups in total. The Labute approximate surface area is 116 Å². The van der Waals surface area contributed by atoms with Gasteiger partial charge in [0, 0.05) is 13.0 Å². The minimum absolute atomic E-state index is 0.0606. The Kier molecular flexibility index (Phi) is 6.89. The van der Waals surface area contributed by atoms with Crippen LogP contribution in [0, 0.1) is 11.8 Å². The van der Waals surface area contributed by atoms with Crippen molar-refractivity contribution in [2.45, 2.75) is 51.9 Å². The molecule has 110 valence electrons. The van der Waals surface area contributed by atoms with Crippen molar-refractivity contribution in [1.82, 2.24) is 4.90 Å². The first kappa shape index (κ1) is 16.0. The van der Waals surface area contributed by atoms with Crippen molar-refractivity contribution in [2.24, 2.45) is 11.8 Å². The Balaban J connectivity index is 2.33. The molecule has 4 nitrogen and oxygen atoms in total. The molecule has 0 aliphatic heterocycles. The van der Waals surface area contributed by atoms with Crippen LogP contribution >= 0.6 is 0 Å². The van der Waals surface area contributed by atoms with Gasteiger partial charge in [-0.3, -0.25) is 9.59 Å². The highest BCUT2D eigenvalue weighted by molar-refractivity contribution is 5.83. The Hall–Kier alpha value is -1.06. The molecule has 0 bridgehead atoms. The summed E-state index contributed by atoms with van der Waals surface area (Å²) in [4.78, 5) is 24.9. The number of carbonyl (C=O) groups excluding carboxylic acids is 2. The van der Waals surface area contributed by atoms with Crippen LogP contribution in [0.2, 0.25) is 0 Å². The van der Waals surface area contributed by atoms with Crippen LogP contribution in [0.25, 0.3) is 0 Å². The van der Waals surface area contributed by atoms with E-state index in [1.807, 2.05) is 0 Å². The number of amides is 1. The number of nitrogens with zero attached hydrogens (tertiary/aromatic N) is 1. The van der Waals surface area contributed by atoms with Crippen LogP contribution in [0.4, 0.5) is 0 Å². The average Bonchev–Trinajstić information content (AvgIpc) is 2.44. The van der Waals surface area contributed by atoms with E-state index >= 15 is 0 Å². The Bertz CT molecular complexity index is 296. The van der Waals surface area contributed by atoms with E-state index in [4.69, 9.17) is 0 Å². The number of unbranched alkanes of at least 4 members (excludes halogenated alkanes) is 1. The summed E-state index contributed by atoms with van der Waals surface area (Å²) in [6.45, 7) is 2.28. The van der Waals surface area contributed by atoms with E-state index in [9.17, 15) is 9.59 Å². The molecule has 1 fully saturated rings. The third-order valence-electron chi connectivity index (χ3n) is 4.13. The van der Waals surface area contributed by atoms with E-state index in [1.54, 1.807) is 7.05 Å². The van der Waals surface area contributed by atoms with E-state index < -0.39 is 0 Å². The lowest BCUT2D eigenvalue weighted by Crippen LogP contribution is -2.38. The second kappa shape index (κ2) is 8.18. The summed E-state index contributed by atoms with van der Waals surface area (Å²) in [6, 6.07) is 0. The van der Waals surface area contributed by atoms with Crippen molar-refractivity contribution in [3.8, 4) is 0 Å². The SMILES string of the molecule is CCCCC1CCC(C(=O)N(C)CC(=O)OC)CC1. The fourth-order valence-electron chi connectivity index (χ4n) is 2.84. The van der Waals surface area contributed by atoms with E-state index in [2.05, 4.69) is 11.7 Å². The van der Waals surface area contributed by atoms with Gasteiger partial charge in [-0.25, -0.2) is 0 Å². The maximum Gasteiger partial charge on any atom is 0.325 e. The molecule has 0 heterocycles. The van der Waals surface area contributed by atoms with Crippen LogP contribution in [-0.4, -0.2) is 37.5 Å². The first-order valence-electron chi connectivity index (χ1n) is 7.40. The minimum atomic E-state index is -0.354. The van der Waals surface area contributed by atoms with Crippen LogP contribution in [0.3, 0.4) is 0 Å². The zero-order chi connectivity index (χ0) is 14.3. The van der Waals surface area contributed by atoms with Crippen LogP contribution in [0.1, 0.15) is 51.9 Å². The second-order valence-electron chi connectivity index (χ2n) is 5.63. The van der Waals surface area contributed by atoms with Gasteiger partial charge in [0.2, 0.25) is 5.91 Å². The lowest BCUT2D eigenvalue weighted by Gasteiger charge is -2.30. The number of ether oxygens (including phenoxy) is 1. The van der Waals surface area contributed by atoms with E-state index in [0.717, 1.165) is 31.6 Å². The predicted octanol–water partition coefficient (Wildman–Crippen LogP) is 2.61. The lowest BCUT2D eigenvalue weighted by molar-refractivity contribution is -0.148. The van der Waals surface area contributed by atoms with Crippen molar-refractivity contribution >= 4 is 11.9 Å². The highest BCUT2D eigenvalue weighted by Gasteiger charge is 2.28. The smallest absolute Gasteiger partial charge is 0.325 e. The van der Waals surface area contributed by atoms with Gasteiger partial charge < -0.3 is 9.64 Å². The summed E-state index contributed by atoms with van der Waals surface area (Å²) in [5, 5.41) is 0. The van der Waals surface area contributed by atoms with Crippen molar-refractivity contribution in [3.63, 3.8) is 0 Å². The number of carbonyl (C=O) groups is 2. The van der Waals surface area contributed by atoms with E-state index in [0.29, 0.717) is 0 Å². The molecular formula is C15H27NO3. The quantitative estimate of drug-likeness (QED) is 0.696. The third kappa shape index (κ3) is 5.21. The number of hydrogen-bond donors (Lipinski definition) is 0. The summed E-state index contributed by atoms with van der Waals surface area (Å²) in [6.07, 6.45) is 8.10. The molecule has 0 aromatic carbocycles. The van der Waals surface area contributed by atoms with Crippen LogP contribution < -0.4 is 0 Å². The fraction of sp³-hybridized carbons (Fsp3) is 0.867. The summed E-state index contributed by atoms with van der Waals surface area (Å²) in [5.41, 5.74) is 0. The van der Waals surface area contributed by atoms with Crippen molar-refractivity contribution in [2.75, 3.05) is 20.7 Å². The zero-order valence-electron chi connectivity index (χ0n) is 12.5. The topological polar surface area (TPSA) is 46.6 Å². The molecule has 0 saturated heterocycles. The van der Waals surface area contributed by atoms with Crippen molar-refractivity contribution in [1.29, 1.82) is 0 Å². The third-order valence-corrected chi connectivity index (χ3v) is 4.13. The Morgan fingerprint density at radius 1 is 1.21 bits per heavy atom.